The Morgan fingerprint density at radius 3 is 1.27 bits per heavy atom. The van der Waals surface area contributed by atoms with Gasteiger partial charge in [-0.05, 0) is 82.4 Å². The maximum Gasteiger partial charge on any atom is 0.147 e. The van der Waals surface area contributed by atoms with Crippen molar-refractivity contribution < 1.29 is 8.83 Å². The summed E-state index contributed by atoms with van der Waals surface area (Å²) in [6, 6.07) is 66.2. The highest BCUT2D eigenvalue weighted by atomic mass is 16.3. The molecule has 0 radical (unpaired) electrons. The molecule has 10 aromatic rings. The molecular formula is C48H31NO2. The minimum atomic E-state index is 0.834. The van der Waals surface area contributed by atoms with Crippen molar-refractivity contribution in [2.24, 2.45) is 0 Å². The Hall–Kier alpha value is -6.84. The van der Waals surface area contributed by atoms with Crippen LogP contribution in [0.15, 0.2) is 197 Å². The second-order valence-corrected chi connectivity index (χ2v) is 12.9. The van der Waals surface area contributed by atoms with E-state index in [1.807, 2.05) is 24.3 Å². The minimum Gasteiger partial charge on any atom is -0.455 e. The molecule has 0 aliphatic carbocycles. The van der Waals surface area contributed by atoms with Gasteiger partial charge in [0.1, 0.15) is 22.3 Å². The van der Waals surface area contributed by atoms with Crippen LogP contribution in [0.1, 0.15) is 0 Å². The molecule has 3 nitrogen and oxygen atoms in total. The average Bonchev–Trinajstić information content (AvgIpc) is 3.78. The molecule has 0 aliphatic heterocycles. The van der Waals surface area contributed by atoms with E-state index >= 15 is 0 Å². The van der Waals surface area contributed by atoms with E-state index in [9.17, 15) is 0 Å². The number of benzene rings is 8. The molecule has 2 aromatic heterocycles. The highest BCUT2D eigenvalue weighted by Crippen LogP contribution is 2.45. The molecule has 3 heteroatoms. The maximum atomic E-state index is 6.58. The Morgan fingerprint density at radius 2 is 0.725 bits per heavy atom. The zero-order chi connectivity index (χ0) is 33.7. The Kier molecular flexibility index (Phi) is 6.81. The molecule has 0 N–H and O–H groups in total. The second-order valence-electron chi connectivity index (χ2n) is 12.9. The van der Waals surface area contributed by atoms with Crippen LogP contribution >= 0.6 is 0 Å². The monoisotopic (exact) mass is 653 g/mol. The quantitative estimate of drug-likeness (QED) is 0.179. The molecule has 10 rings (SSSR count). The lowest BCUT2D eigenvalue weighted by molar-refractivity contribution is 0.663. The number of rotatable bonds is 6. The zero-order valence-electron chi connectivity index (χ0n) is 27.7. The van der Waals surface area contributed by atoms with Gasteiger partial charge in [-0.15, -0.1) is 0 Å². The van der Waals surface area contributed by atoms with E-state index in [-0.39, 0.29) is 0 Å². The highest BCUT2D eigenvalue weighted by Gasteiger charge is 2.21. The van der Waals surface area contributed by atoms with Crippen molar-refractivity contribution in [2.75, 3.05) is 4.90 Å². The van der Waals surface area contributed by atoms with Crippen LogP contribution in [0.2, 0.25) is 0 Å². The molecule has 0 saturated carbocycles. The molecule has 0 saturated heterocycles. The first-order valence-electron chi connectivity index (χ1n) is 17.3. The molecule has 0 unspecified atom stereocenters. The summed E-state index contributed by atoms with van der Waals surface area (Å²) in [6.45, 7) is 0. The van der Waals surface area contributed by atoms with Crippen molar-refractivity contribution in [1.29, 1.82) is 0 Å². The van der Waals surface area contributed by atoms with E-state index in [2.05, 4.69) is 169 Å². The fourth-order valence-corrected chi connectivity index (χ4v) is 7.38. The Morgan fingerprint density at radius 1 is 0.314 bits per heavy atom. The Labute approximate surface area is 295 Å². The van der Waals surface area contributed by atoms with Crippen molar-refractivity contribution in [2.45, 2.75) is 0 Å². The van der Waals surface area contributed by atoms with Gasteiger partial charge in [-0.3, -0.25) is 0 Å². The lowest BCUT2D eigenvalue weighted by Crippen LogP contribution is -2.09. The van der Waals surface area contributed by atoms with Crippen molar-refractivity contribution >= 4 is 60.9 Å². The predicted octanol–water partition coefficient (Wildman–Crippen LogP) is 14.0. The molecule has 0 aliphatic rings. The van der Waals surface area contributed by atoms with E-state index in [0.29, 0.717) is 0 Å². The van der Waals surface area contributed by atoms with Crippen LogP contribution < -0.4 is 4.90 Å². The van der Waals surface area contributed by atoms with Crippen LogP contribution in [0.4, 0.5) is 17.1 Å². The first kappa shape index (κ1) is 29.1. The topological polar surface area (TPSA) is 29.5 Å². The predicted molar refractivity (Wildman–Crippen MR) is 212 cm³/mol. The van der Waals surface area contributed by atoms with Gasteiger partial charge in [-0.2, -0.15) is 0 Å². The Balaban J connectivity index is 1.11. The number of para-hydroxylation sites is 2. The largest absolute Gasteiger partial charge is 0.455 e. The summed E-state index contributed by atoms with van der Waals surface area (Å²) >= 11 is 0. The third-order valence-corrected chi connectivity index (χ3v) is 9.89. The smallest absolute Gasteiger partial charge is 0.147 e. The molecule has 51 heavy (non-hydrogen) atoms. The van der Waals surface area contributed by atoms with Crippen LogP contribution in [0, 0.1) is 0 Å². The van der Waals surface area contributed by atoms with Gasteiger partial charge in [0.25, 0.3) is 0 Å². The summed E-state index contributed by atoms with van der Waals surface area (Å²) in [5.41, 5.74) is 13.5. The van der Waals surface area contributed by atoms with E-state index in [4.69, 9.17) is 8.83 Å². The molecule has 0 atom stereocenters. The van der Waals surface area contributed by atoms with Crippen LogP contribution in [-0.2, 0) is 0 Å². The lowest BCUT2D eigenvalue weighted by Gasteiger charge is -2.26. The van der Waals surface area contributed by atoms with Gasteiger partial charge < -0.3 is 13.7 Å². The van der Waals surface area contributed by atoms with Gasteiger partial charge >= 0.3 is 0 Å². The number of hydrogen-bond donors (Lipinski definition) is 0. The van der Waals surface area contributed by atoms with Gasteiger partial charge in [0.2, 0.25) is 0 Å². The van der Waals surface area contributed by atoms with Crippen LogP contribution in [-0.4, -0.2) is 0 Å². The fraction of sp³-hybridized carbons (Fsp3) is 0. The first-order chi connectivity index (χ1) is 25.3. The standard InChI is InChI=1S/C48H31NO2/c1-3-11-32(12-4-1)34-19-25-37(26-20-34)49(38-27-21-35(22-28-38)33-13-5-2-6-14-33)39-29-23-36(24-30-39)42-31-43-40-15-7-9-17-44(40)50-48(43)46-41-16-8-10-18-45(41)51-47(42)46/h1-31H. The third-order valence-electron chi connectivity index (χ3n) is 9.89. The summed E-state index contributed by atoms with van der Waals surface area (Å²) in [4.78, 5) is 2.32. The maximum absolute atomic E-state index is 6.58. The number of anilines is 3. The van der Waals surface area contributed by atoms with Gasteiger partial charge in [0.05, 0.1) is 5.39 Å². The Bertz CT molecular complexity index is 2730. The van der Waals surface area contributed by atoms with E-state index in [1.54, 1.807) is 0 Å². The normalized spacial score (nSPS) is 11.5. The second kappa shape index (κ2) is 11.9. The minimum absolute atomic E-state index is 0.834. The lowest BCUT2D eigenvalue weighted by atomic mass is 9.98. The van der Waals surface area contributed by atoms with Crippen molar-refractivity contribution in [3.8, 4) is 33.4 Å². The number of furan rings is 2. The van der Waals surface area contributed by atoms with Gasteiger partial charge in [0.15, 0.2) is 0 Å². The van der Waals surface area contributed by atoms with E-state index in [0.717, 1.165) is 72.1 Å². The first-order valence-corrected chi connectivity index (χ1v) is 17.3. The molecule has 0 amide bonds. The van der Waals surface area contributed by atoms with Gasteiger partial charge in [-0.1, -0.05) is 133 Å². The fourth-order valence-electron chi connectivity index (χ4n) is 7.38. The SMILES string of the molecule is c1ccc(-c2ccc(N(c3ccc(-c4ccccc4)cc3)c3ccc(-c4cc5c6ccccc6oc5c5c4oc4ccccc45)cc3)cc2)cc1. The van der Waals surface area contributed by atoms with Crippen LogP contribution in [0.3, 0.4) is 0 Å². The summed E-state index contributed by atoms with van der Waals surface area (Å²) in [6.07, 6.45) is 0. The summed E-state index contributed by atoms with van der Waals surface area (Å²) in [5.74, 6) is 0. The highest BCUT2D eigenvalue weighted by molar-refractivity contribution is 6.25. The molecule has 240 valence electrons. The van der Waals surface area contributed by atoms with Crippen molar-refractivity contribution in [3.05, 3.63) is 188 Å². The average molecular weight is 654 g/mol. The van der Waals surface area contributed by atoms with Crippen LogP contribution in [0.25, 0.3) is 77.3 Å². The van der Waals surface area contributed by atoms with E-state index < -0.39 is 0 Å². The summed E-state index contributed by atoms with van der Waals surface area (Å²) in [5, 5.41) is 4.25. The molecule has 2 heterocycles. The number of hydrogen-bond acceptors (Lipinski definition) is 3. The summed E-state index contributed by atoms with van der Waals surface area (Å²) in [7, 11) is 0. The van der Waals surface area contributed by atoms with Crippen molar-refractivity contribution in [1.82, 2.24) is 0 Å². The van der Waals surface area contributed by atoms with Crippen LogP contribution in [0.5, 0.6) is 0 Å². The molecule has 8 aromatic carbocycles. The van der Waals surface area contributed by atoms with Gasteiger partial charge in [-0.25, -0.2) is 0 Å². The van der Waals surface area contributed by atoms with Crippen molar-refractivity contribution in [3.63, 3.8) is 0 Å². The molecule has 0 spiro atoms. The number of nitrogens with zero attached hydrogens (tertiary/aromatic N) is 1. The summed E-state index contributed by atoms with van der Waals surface area (Å²) < 4.78 is 13.1. The third kappa shape index (κ3) is 4.98. The van der Waals surface area contributed by atoms with E-state index in [1.165, 1.54) is 22.3 Å². The molecule has 0 bridgehead atoms. The molecular weight excluding hydrogens is 623 g/mol. The van der Waals surface area contributed by atoms with Gasteiger partial charge in [0, 0.05) is 38.8 Å². The molecule has 0 fully saturated rings. The zero-order valence-corrected chi connectivity index (χ0v) is 27.7. The number of fused-ring (bicyclic) bond motifs is 7.